The van der Waals surface area contributed by atoms with Gasteiger partial charge in [-0.2, -0.15) is 0 Å². The number of amides is 1. The van der Waals surface area contributed by atoms with Gasteiger partial charge in [0.2, 0.25) is 5.91 Å². The highest BCUT2D eigenvalue weighted by Crippen LogP contribution is 2.29. The molecular weight excluding hydrogens is 306 g/mol. The molecule has 1 N–H and O–H groups in total. The molecule has 2 aromatic carbocycles. The summed E-state index contributed by atoms with van der Waals surface area (Å²) >= 11 is 0. The fourth-order valence-corrected chi connectivity index (χ4v) is 2.76. The molecule has 2 aromatic rings. The van der Waals surface area contributed by atoms with Crippen LogP contribution in [0.4, 0.5) is 0 Å². The lowest BCUT2D eigenvalue weighted by Crippen LogP contribution is -2.27. The van der Waals surface area contributed by atoms with Gasteiger partial charge in [-0.05, 0) is 31.0 Å². The standard InChI is InChI=1S/C19H19NO4/c1-2-20(23)18(21)10-8-13-7-9-17-16(11-13)19(22)15-6-4-3-5-14(15)12-24-17/h3-7,9,11,23H,2,8,10,12H2,1H3. The molecule has 0 saturated carbocycles. The van der Waals surface area contributed by atoms with Crippen molar-refractivity contribution in [2.45, 2.75) is 26.4 Å². The second-order valence-corrected chi connectivity index (χ2v) is 5.71. The number of fused-ring (bicyclic) bond motifs is 2. The third-order valence-corrected chi connectivity index (χ3v) is 4.15. The van der Waals surface area contributed by atoms with Gasteiger partial charge in [-0.25, -0.2) is 5.06 Å². The molecule has 0 radical (unpaired) electrons. The molecule has 1 heterocycles. The SMILES string of the molecule is CCN(O)C(=O)CCc1ccc2c(c1)C(=O)c1ccccc1CO2. The molecule has 0 unspecified atom stereocenters. The Hall–Kier alpha value is -2.66. The van der Waals surface area contributed by atoms with Gasteiger partial charge in [0, 0.05) is 24.1 Å². The lowest BCUT2D eigenvalue weighted by Gasteiger charge is -2.12. The highest BCUT2D eigenvalue weighted by atomic mass is 16.5. The Bertz CT molecular complexity index is 785. The fourth-order valence-electron chi connectivity index (χ4n) is 2.76. The van der Waals surface area contributed by atoms with Gasteiger partial charge in [0.25, 0.3) is 0 Å². The van der Waals surface area contributed by atoms with E-state index in [1.165, 1.54) is 0 Å². The number of hydrogen-bond donors (Lipinski definition) is 1. The Balaban J connectivity index is 1.84. The van der Waals surface area contributed by atoms with Crippen molar-refractivity contribution >= 4 is 11.7 Å². The van der Waals surface area contributed by atoms with E-state index in [1.54, 1.807) is 25.1 Å². The molecule has 0 aliphatic carbocycles. The molecule has 0 spiro atoms. The minimum Gasteiger partial charge on any atom is -0.488 e. The summed E-state index contributed by atoms with van der Waals surface area (Å²) in [6, 6.07) is 12.8. The topological polar surface area (TPSA) is 66.8 Å². The zero-order valence-electron chi connectivity index (χ0n) is 13.5. The molecule has 0 bridgehead atoms. The second kappa shape index (κ2) is 6.84. The van der Waals surface area contributed by atoms with Crippen molar-refractivity contribution in [2.24, 2.45) is 0 Å². The van der Waals surface area contributed by atoms with Gasteiger partial charge in [0.1, 0.15) is 12.4 Å². The number of nitrogens with zero attached hydrogens (tertiary/aromatic N) is 1. The molecule has 124 valence electrons. The van der Waals surface area contributed by atoms with E-state index in [9.17, 15) is 14.8 Å². The number of carbonyl (C=O) groups excluding carboxylic acids is 2. The van der Waals surface area contributed by atoms with Crippen molar-refractivity contribution in [1.29, 1.82) is 0 Å². The molecule has 3 rings (SSSR count). The van der Waals surface area contributed by atoms with E-state index < -0.39 is 0 Å². The summed E-state index contributed by atoms with van der Waals surface area (Å²) in [6.45, 7) is 2.32. The van der Waals surface area contributed by atoms with Crippen LogP contribution in [0.5, 0.6) is 5.75 Å². The first-order valence-electron chi connectivity index (χ1n) is 7.97. The Morgan fingerprint density at radius 3 is 2.79 bits per heavy atom. The van der Waals surface area contributed by atoms with Crippen LogP contribution in [-0.4, -0.2) is 28.5 Å². The summed E-state index contributed by atoms with van der Waals surface area (Å²) in [6.07, 6.45) is 0.646. The molecule has 0 atom stereocenters. The minimum absolute atomic E-state index is 0.0661. The normalized spacial score (nSPS) is 12.7. The molecule has 5 nitrogen and oxygen atoms in total. The average Bonchev–Trinajstić information content (AvgIpc) is 2.76. The number of carbonyl (C=O) groups is 2. The van der Waals surface area contributed by atoms with Crippen molar-refractivity contribution in [2.75, 3.05) is 6.54 Å². The van der Waals surface area contributed by atoms with Crippen molar-refractivity contribution in [3.8, 4) is 5.75 Å². The summed E-state index contributed by atoms with van der Waals surface area (Å²) in [4.78, 5) is 24.5. The number of ketones is 1. The van der Waals surface area contributed by atoms with Crippen molar-refractivity contribution in [3.05, 3.63) is 64.7 Å². The monoisotopic (exact) mass is 325 g/mol. The number of hydrogen-bond acceptors (Lipinski definition) is 4. The van der Waals surface area contributed by atoms with Crippen LogP contribution in [0, 0.1) is 0 Å². The number of benzene rings is 2. The lowest BCUT2D eigenvalue weighted by molar-refractivity contribution is -0.164. The molecule has 5 heteroatoms. The van der Waals surface area contributed by atoms with E-state index in [0.717, 1.165) is 11.1 Å². The second-order valence-electron chi connectivity index (χ2n) is 5.71. The maximum atomic E-state index is 12.8. The van der Waals surface area contributed by atoms with Gasteiger partial charge in [-0.3, -0.25) is 14.8 Å². The Morgan fingerprint density at radius 1 is 1.21 bits per heavy atom. The first-order chi connectivity index (χ1) is 11.6. The number of aryl methyl sites for hydroxylation is 1. The zero-order chi connectivity index (χ0) is 17.1. The molecule has 0 fully saturated rings. The summed E-state index contributed by atoms with van der Waals surface area (Å²) in [7, 11) is 0. The molecule has 1 aliphatic heterocycles. The van der Waals surface area contributed by atoms with Crippen LogP contribution in [0.1, 0.15) is 40.4 Å². The first kappa shape index (κ1) is 16.2. The van der Waals surface area contributed by atoms with Gasteiger partial charge >= 0.3 is 0 Å². The number of hydroxylamine groups is 2. The first-order valence-corrected chi connectivity index (χ1v) is 7.97. The largest absolute Gasteiger partial charge is 0.488 e. The van der Waals surface area contributed by atoms with Gasteiger partial charge in [-0.1, -0.05) is 30.3 Å². The van der Waals surface area contributed by atoms with Crippen LogP contribution in [0.2, 0.25) is 0 Å². The van der Waals surface area contributed by atoms with E-state index >= 15 is 0 Å². The fraction of sp³-hybridized carbons (Fsp3) is 0.263. The molecule has 0 saturated heterocycles. The van der Waals surface area contributed by atoms with Crippen LogP contribution in [0.15, 0.2) is 42.5 Å². The van der Waals surface area contributed by atoms with Gasteiger partial charge < -0.3 is 4.74 Å². The third kappa shape index (κ3) is 3.16. The van der Waals surface area contributed by atoms with Crippen LogP contribution in [-0.2, 0) is 17.8 Å². The predicted octanol–water partition coefficient (Wildman–Crippen LogP) is 2.98. The van der Waals surface area contributed by atoms with Crippen LogP contribution in [0.3, 0.4) is 0 Å². The van der Waals surface area contributed by atoms with E-state index in [4.69, 9.17) is 4.74 Å². The van der Waals surface area contributed by atoms with Gasteiger partial charge in [0.15, 0.2) is 5.78 Å². The van der Waals surface area contributed by atoms with E-state index in [2.05, 4.69) is 0 Å². The minimum atomic E-state index is -0.333. The number of ether oxygens (including phenoxy) is 1. The molecule has 24 heavy (non-hydrogen) atoms. The van der Waals surface area contributed by atoms with Gasteiger partial charge in [-0.15, -0.1) is 0 Å². The Morgan fingerprint density at radius 2 is 2.00 bits per heavy atom. The zero-order valence-corrected chi connectivity index (χ0v) is 13.5. The van der Waals surface area contributed by atoms with Crippen LogP contribution < -0.4 is 4.74 Å². The quantitative estimate of drug-likeness (QED) is 0.693. The van der Waals surface area contributed by atoms with Crippen molar-refractivity contribution in [3.63, 3.8) is 0 Å². The van der Waals surface area contributed by atoms with Gasteiger partial charge in [0.05, 0.1) is 5.56 Å². The third-order valence-electron chi connectivity index (χ3n) is 4.15. The molecule has 1 amide bonds. The Labute approximate surface area is 140 Å². The summed E-state index contributed by atoms with van der Waals surface area (Å²) in [5, 5.41) is 10.1. The van der Waals surface area contributed by atoms with Crippen molar-refractivity contribution < 1.29 is 19.5 Å². The summed E-state index contributed by atoms with van der Waals surface area (Å²) in [5.41, 5.74) is 2.90. The van der Waals surface area contributed by atoms with Crippen LogP contribution >= 0.6 is 0 Å². The maximum Gasteiger partial charge on any atom is 0.246 e. The van der Waals surface area contributed by atoms with Crippen molar-refractivity contribution in [1.82, 2.24) is 5.06 Å². The summed E-state index contributed by atoms with van der Waals surface area (Å²) < 4.78 is 5.75. The predicted molar refractivity (Wildman–Crippen MR) is 88.1 cm³/mol. The highest BCUT2D eigenvalue weighted by molar-refractivity contribution is 6.12. The van der Waals surface area contributed by atoms with E-state index in [1.807, 2.05) is 24.3 Å². The van der Waals surface area contributed by atoms with E-state index in [-0.39, 0.29) is 24.7 Å². The highest BCUT2D eigenvalue weighted by Gasteiger charge is 2.22. The number of rotatable bonds is 4. The molecule has 0 aromatic heterocycles. The van der Waals surface area contributed by atoms with E-state index in [0.29, 0.717) is 35.0 Å². The Kier molecular flexibility index (Phi) is 4.62. The molecule has 1 aliphatic rings. The maximum absolute atomic E-state index is 12.8. The van der Waals surface area contributed by atoms with Crippen LogP contribution in [0.25, 0.3) is 0 Å². The smallest absolute Gasteiger partial charge is 0.246 e. The average molecular weight is 325 g/mol. The lowest BCUT2D eigenvalue weighted by atomic mass is 9.97. The molecular formula is C19H19NO4. The summed E-state index contributed by atoms with van der Waals surface area (Å²) in [5.74, 6) is 0.160.